The highest BCUT2D eigenvalue weighted by Gasteiger charge is 2.13. The Hall–Kier alpha value is -4.12. The minimum absolute atomic E-state index is 0.0655. The second kappa shape index (κ2) is 10.8. The number of furan rings is 1. The van der Waals surface area contributed by atoms with Gasteiger partial charge in [-0.25, -0.2) is 0 Å². The zero-order chi connectivity index (χ0) is 22.9. The highest BCUT2D eigenvalue weighted by atomic mass is 16.3. The summed E-state index contributed by atoms with van der Waals surface area (Å²) in [7, 11) is 0. The number of carbonyl (C=O) groups excluding carboxylic acids is 2. The summed E-state index contributed by atoms with van der Waals surface area (Å²) < 4.78 is 5.31. The molecule has 0 aliphatic rings. The van der Waals surface area contributed by atoms with Gasteiger partial charge in [-0.1, -0.05) is 54.6 Å². The fourth-order valence-corrected chi connectivity index (χ4v) is 3.12. The summed E-state index contributed by atoms with van der Waals surface area (Å²) in [6, 6.07) is 28.1. The number of anilines is 2. The number of hydrogen-bond donors (Lipinski definition) is 2. The molecule has 4 rings (SSSR count). The lowest BCUT2D eigenvalue weighted by Gasteiger charge is -2.06. The molecule has 5 heteroatoms. The van der Waals surface area contributed by atoms with Crippen molar-refractivity contribution in [3.05, 3.63) is 119 Å². The largest absolute Gasteiger partial charge is 0.466 e. The summed E-state index contributed by atoms with van der Waals surface area (Å²) in [5, 5.41) is 5.67. The van der Waals surface area contributed by atoms with Crippen LogP contribution in [0.4, 0.5) is 11.4 Å². The predicted octanol–water partition coefficient (Wildman–Crippen LogP) is 6.40. The third-order valence-electron chi connectivity index (χ3n) is 4.74. The van der Waals surface area contributed by atoms with Gasteiger partial charge >= 0.3 is 0 Å². The lowest BCUT2D eigenvalue weighted by Crippen LogP contribution is -2.12. The van der Waals surface area contributed by atoms with E-state index in [2.05, 4.69) is 10.6 Å². The molecule has 0 fully saturated rings. The first-order valence-electron chi connectivity index (χ1n) is 10.3. The van der Waals surface area contributed by atoms with Crippen LogP contribution < -0.4 is 10.6 Å². The maximum atomic E-state index is 11.9. The molecule has 162 valence electrons. The van der Waals surface area contributed by atoms with Crippen molar-refractivity contribution < 1.29 is 14.0 Å². The molecular formula is C27H26N2O3. The van der Waals surface area contributed by atoms with Gasteiger partial charge < -0.3 is 15.1 Å². The Morgan fingerprint density at radius 1 is 0.625 bits per heavy atom. The summed E-state index contributed by atoms with van der Waals surface area (Å²) in [6.45, 7) is 5.54. The normalized spacial score (nSPS) is 9.97. The highest BCUT2D eigenvalue weighted by molar-refractivity contribution is 6.05. The van der Waals surface area contributed by atoms with Gasteiger partial charge in [-0.05, 0) is 62.7 Å². The Labute approximate surface area is 188 Å². The quantitative estimate of drug-likeness (QED) is 0.397. The number of hydrogen-bond acceptors (Lipinski definition) is 3. The maximum Gasteiger partial charge on any atom is 0.259 e. The molecule has 0 saturated heterocycles. The summed E-state index contributed by atoms with van der Waals surface area (Å²) in [5.74, 6) is 1.19. The number of nitrogens with one attached hydrogen (secondary N) is 2. The van der Waals surface area contributed by atoms with Crippen molar-refractivity contribution in [2.24, 2.45) is 0 Å². The van der Waals surface area contributed by atoms with Gasteiger partial charge in [0.15, 0.2) is 0 Å². The van der Waals surface area contributed by atoms with E-state index >= 15 is 0 Å². The van der Waals surface area contributed by atoms with E-state index in [1.165, 1.54) is 0 Å². The number of aryl methyl sites for hydroxylation is 3. The molecule has 5 nitrogen and oxygen atoms in total. The third-order valence-corrected chi connectivity index (χ3v) is 4.74. The van der Waals surface area contributed by atoms with Crippen molar-refractivity contribution in [3.63, 3.8) is 0 Å². The summed E-state index contributed by atoms with van der Waals surface area (Å²) in [5.41, 5.74) is 3.88. The average molecular weight is 427 g/mol. The zero-order valence-corrected chi connectivity index (χ0v) is 18.4. The first-order chi connectivity index (χ1) is 15.4. The highest BCUT2D eigenvalue weighted by Crippen LogP contribution is 2.16. The van der Waals surface area contributed by atoms with Crippen molar-refractivity contribution in [1.29, 1.82) is 0 Å². The van der Waals surface area contributed by atoms with Crippen LogP contribution in [0.1, 0.15) is 37.8 Å². The van der Waals surface area contributed by atoms with Crippen molar-refractivity contribution >= 4 is 23.2 Å². The Balaban J connectivity index is 0.000000181. The van der Waals surface area contributed by atoms with Crippen molar-refractivity contribution in [3.8, 4) is 0 Å². The number of rotatable bonds is 4. The Bertz CT molecular complexity index is 1180. The van der Waals surface area contributed by atoms with E-state index in [0.717, 1.165) is 22.7 Å². The van der Waals surface area contributed by atoms with Gasteiger partial charge in [0, 0.05) is 16.9 Å². The van der Waals surface area contributed by atoms with E-state index in [1.54, 1.807) is 13.0 Å². The van der Waals surface area contributed by atoms with Crippen molar-refractivity contribution in [2.75, 3.05) is 10.6 Å². The second-order valence-corrected chi connectivity index (χ2v) is 7.28. The standard InChI is InChI=1S/C14H13NO.C13H13NO2/c1-11-7-5-6-10-13(11)14(16)15-12-8-3-2-4-9-12;1-9-8-12(10(2)16-9)13(15)14-11-6-4-3-5-7-11/h2-10H,1H3,(H,15,16);3-8H,1-2H3,(H,14,15). The summed E-state index contributed by atoms with van der Waals surface area (Å²) >= 11 is 0. The van der Waals surface area contributed by atoms with E-state index in [-0.39, 0.29) is 11.8 Å². The van der Waals surface area contributed by atoms with Crippen LogP contribution in [0.2, 0.25) is 0 Å². The molecule has 0 radical (unpaired) electrons. The second-order valence-electron chi connectivity index (χ2n) is 7.28. The van der Waals surface area contributed by atoms with Gasteiger partial charge in [0.25, 0.3) is 11.8 Å². The topological polar surface area (TPSA) is 71.3 Å². The van der Waals surface area contributed by atoms with Crippen molar-refractivity contribution in [1.82, 2.24) is 0 Å². The molecule has 1 aromatic heterocycles. The van der Waals surface area contributed by atoms with Gasteiger partial charge in [0.05, 0.1) is 5.56 Å². The molecule has 0 aliphatic carbocycles. The van der Waals surface area contributed by atoms with Crippen LogP contribution in [0.3, 0.4) is 0 Å². The van der Waals surface area contributed by atoms with E-state index in [0.29, 0.717) is 16.9 Å². The van der Waals surface area contributed by atoms with E-state index in [9.17, 15) is 9.59 Å². The van der Waals surface area contributed by atoms with Gasteiger partial charge in [-0.3, -0.25) is 9.59 Å². The Kier molecular flexibility index (Phi) is 7.60. The zero-order valence-electron chi connectivity index (χ0n) is 18.4. The van der Waals surface area contributed by atoms with Crippen LogP contribution >= 0.6 is 0 Å². The predicted molar refractivity (Wildman–Crippen MR) is 128 cm³/mol. The summed E-state index contributed by atoms with van der Waals surface area (Å²) in [4.78, 5) is 23.8. The molecule has 0 unspecified atom stereocenters. The summed E-state index contributed by atoms with van der Waals surface area (Å²) in [6.07, 6.45) is 0. The van der Waals surface area contributed by atoms with Crippen LogP contribution in [0.15, 0.2) is 95.4 Å². The van der Waals surface area contributed by atoms with Crippen LogP contribution in [-0.4, -0.2) is 11.8 Å². The minimum atomic E-state index is -0.138. The van der Waals surface area contributed by atoms with E-state index in [1.807, 2.05) is 98.8 Å². The molecule has 0 bridgehead atoms. The number of para-hydroxylation sites is 2. The average Bonchev–Trinajstić information content (AvgIpc) is 3.14. The molecule has 2 N–H and O–H groups in total. The Morgan fingerprint density at radius 2 is 1.09 bits per heavy atom. The molecule has 0 spiro atoms. The molecule has 32 heavy (non-hydrogen) atoms. The molecule has 0 aliphatic heterocycles. The van der Waals surface area contributed by atoms with Crippen LogP contribution in [0.25, 0.3) is 0 Å². The number of carbonyl (C=O) groups is 2. The van der Waals surface area contributed by atoms with Gasteiger partial charge in [0.2, 0.25) is 0 Å². The van der Waals surface area contributed by atoms with Gasteiger partial charge in [-0.15, -0.1) is 0 Å². The molecule has 0 atom stereocenters. The van der Waals surface area contributed by atoms with Crippen LogP contribution in [0, 0.1) is 20.8 Å². The van der Waals surface area contributed by atoms with E-state index in [4.69, 9.17) is 4.42 Å². The van der Waals surface area contributed by atoms with Crippen molar-refractivity contribution in [2.45, 2.75) is 20.8 Å². The fourth-order valence-electron chi connectivity index (χ4n) is 3.12. The molecule has 2 amide bonds. The molecular weight excluding hydrogens is 400 g/mol. The van der Waals surface area contributed by atoms with E-state index < -0.39 is 0 Å². The third kappa shape index (κ3) is 6.19. The van der Waals surface area contributed by atoms with Crippen LogP contribution in [-0.2, 0) is 0 Å². The number of benzene rings is 3. The van der Waals surface area contributed by atoms with Gasteiger partial charge in [-0.2, -0.15) is 0 Å². The molecule has 1 heterocycles. The fraction of sp³-hybridized carbons (Fsp3) is 0.111. The lowest BCUT2D eigenvalue weighted by molar-refractivity contribution is 0.101. The van der Waals surface area contributed by atoms with Gasteiger partial charge in [0.1, 0.15) is 11.5 Å². The maximum absolute atomic E-state index is 11.9. The van der Waals surface area contributed by atoms with Crippen LogP contribution in [0.5, 0.6) is 0 Å². The first kappa shape index (κ1) is 22.6. The Morgan fingerprint density at radius 3 is 1.56 bits per heavy atom. The first-order valence-corrected chi connectivity index (χ1v) is 10.3. The SMILES string of the molecule is Cc1cc(C(=O)Nc2ccccc2)c(C)o1.Cc1ccccc1C(=O)Nc1ccccc1. The molecule has 3 aromatic carbocycles. The minimum Gasteiger partial charge on any atom is -0.466 e. The monoisotopic (exact) mass is 426 g/mol. The lowest BCUT2D eigenvalue weighted by atomic mass is 10.1. The number of amides is 2. The molecule has 0 saturated carbocycles. The smallest absolute Gasteiger partial charge is 0.259 e. The molecule has 4 aromatic rings.